The molecule has 9 heteroatoms. The van der Waals surface area contributed by atoms with E-state index in [2.05, 4.69) is 9.88 Å². The lowest BCUT2D eigenvalue weighted by molar-refractivity contribution is 0.384. The van der Waals surface area contributed by atoms with Crippen molar-refractivity contribution < 1.29 is 8.42 Å². The van der Waals surface area contributed by atoms with Crippen LogP contribution in [0.15, 0.2) is 29.8 Å². The van der Waals surface area contributed by atoms with Gasteiger partial charge in [-0.05, 0) is 23.8 Å². The van der Waals surface area contributed by atoms with Gasteiger partial charge in [0.25, 0.3) is 0 Å². The van der Waals surface area contributed by atoms with Crippen molar-refractivity contribution in [2.75, 3.05) is 31.1 Å². The number of thiazole rings is 1. The minimum Gasteiger partial charge on any atom is -0.345 e. The Morgan fingerprint density at radius 2 is 1.74 bits per heavy atom. The zero-order valence-corrected chi connectivity index (χ0v) is 15.3. The van der Waals surface area contributed by atoms with Gasteiger partial charge in [0, 0.05) is 47.8 Å². The van der Waals surface area contributed by atoms with Crippen molar-refractivity contribution in [1.82, 2.24) is 9.29 Å². The molecule has 1 aliphatic heterocycles. The van der Waals surface area contributed by atoms with Crippen LogP contribution in [0.25, 0.3) is 0 Å². The molecule has 1 aromatic heterocycles. The molecule has 0 unspecified atom stereocenters. The lowest BCUT2D eigenvalue weighted by Gasteiger charge is -2.33. The maximum atomic E-state index is 12.6. The minimum absolute atomic E-state index is 0.0927. The summed E-state index contributed by atoms with van der Waals surface area (Å²) in [5, 5.41) is 3.73. The molecule has 0 radical (unpaired) electrons. The molecular formula is C14H15Cl2N3O2S2. The Bertz CT molecular complexity index is 753. The van der Waals surface area contributed by atoms with E-state index < -0.39 is 10.0 Å². The van der Waals surface area contributed by atoms with Crippen LogP contribution >= 0.6 is 34.5 Å². The lowest BCUT2D eigenvalue weighted by atomic mass is 10.2. The molecule has 2 aromatic rings. The number of hydrogen-bond donors (Lipinski definition) is 0. The number of halogens is 2. The predicted octanol–water partition coefficient (Wildman–Crippen LogP) is 3.10. The number of nitrogens with zero attached hydrogens (tertiary/aromatic N) is 3. The van der Waals surface area contributed by atoms with Gasteiger partial charge in [-0.2, -0.15) is 4.31 Å². The van der Waals surface area contributed by atoms with Crippen LogP contribution in [0, 0.1) is 0 Å². The highest BCUT2D eigenvalue weighted by Gasteiger charge is 2.28. The summed E-state index contributed by atoms with van der Waals surface area (Å²) in [6, 6.07) is 4.86. The fraction of sp³-hybridized carbons (Fsp3) is 0.357. The Morgan fingerprint density at radius 1 is 1.09 bits per heavy atom. The number of piperazine rings is 1. The van der Waals surface area contributed by atoms with E-state index in [0.717, 1.165) is 5.13 Å². The normalized spacial score (nSPS) is 16.7. The van der Waals surface area contributed by atoms with Gasteiger partial charge >= 0.3 is 0 Å². The molecular weight excluding hydrogens is 377 g/mol. The van der Waals surface area contributed by atoms with Gasteiger partial charge in [0.15, 0.2) is 5.13 Å². The lowest BCUT2D eigenvalue weighted by Crippen LogP contribution is -2.49. The summed E-state index contributed by atoms with van der Waals surface area (Å²) in [5.74, 6) is -0.0927. The molecule has 23 heavy (non-hydrogen) atoms. The van der Waals surface area contributed by atoms with E-state index in [4.69, 9.17) is 23.2 Å². The first-order valence-electron chi connectivity index (χ1n) is 7.01. The Hall–Kier alpha value is -0.860. The third-order valence-electron chi connectivity index (χ3n) is 3.59. The van der Waals surface area contributed by atoms with Gasteiger partial charge in [0.2, 0.25) is 10.0 Å². The molecule has 2 heterocycles. The topological polar surface area (TPSA) is 53.5 Å². The summed E-state index contributed by atoms with van der Waals surface area (Å²) in [6.07, 6.45) is 1.76. The summed E-state index contributed by atoms with van der Waals surface area (Å²) in [6.45, 7) is 2.19. The van der Waals surface area contributed by atoms with Crippen molar-refractivity contribution in [1.29, 1.82) is 0 Å². The second kappa shape index (κ2) is 6.94. The predicted molar refractivity (Wildman–Crippen MR) is 95.0 cm³/mol. The van der Waals surface area contributed by atoms with Gasteiger partial charge in [-0.15, -0.1) is 11.3 Å². The molecule has 3 rings (SSSR count). The van der Waals surface area contributed by atoms with E-state index in [1.807, 2.05) is 5.38 Å². The van der Waals surface area contributed by atoms with Crippen molar-refractivity contribution in [3.63, 3.8) is 0 Å². The molecule has 1 aliphatic rings. The first kappa shape index (κ1) is 17.0. The largest absolute Gasteiger partial charge is 0.345 e. The Kier molecular flexibility index (Phi) is 5.13. The third kappa shape index (κ3) is 4.16. The molecule has 0 spiro atoms. The number of rotatable bonds is 4. The first-order valence-corrected chi connectivity index (χ1v) is 10.3. The first-order chi connectivity index (χ1) is 10.9. The molecule has 5 nitrogen and oxygen atoms in total. The SMILES string of the molecule is O=S(=O)(Cc1cc(Cl)cc(Cl)c1)N1CCN(c2nccs2)CC1. The number of hydrogen-bond acceptors (Lipinski definition) is 5. The number of sulfonamides is 1. The van der Waals surface area contributed by atoms with E-state index in [0.29, 0.717) is 41.8 Å². The van der Waals surface area contributed by atoms with Crippen LogP contribution in [0.2, 0.25) is 10.0 Å². The minimum atomic E-state index is -3.39. The molecule has 0 aliphatic carbocycles. The summed E-state index contributed by atoms with van der Waals surface area (Å²) in [7, 11) is -3.39. The average molecular weight is 392 g/mol. The van der Waals surface area contributed by atoms with Gasteiger partial charge in [0.1, 0.15) is 0 Å². The second-order valence-electron chi connectivity index (χ2n) is 5.23. The average Bonchev–Trinajstić information content (AvgIpc) is 3.00. The van der Waals surface area contributed by atoms with Crippen LogP contribution in [0.3, 0.4) is 0 Å². The maximum absolute atomic E-state index is 12.6. The van der Waals surface area contributed by atoms with Gasteiger partial charge in [-0.3, -0.25) is 0 Å². The quantitative estimate of drug-likeness (QED) is 0.803. The van der Waals surface area contributed by atoms with Gasteiger partial charge in [0.05, 0.1) is 5.75 Å². The fourth-order valence-corrected chi connectivity index (χ4v) is 5.28. The monoisotopic (exact) mass is 391 g/mol. The van der Waals surface area contributed by atoms with Crippen LogP contribution < -0.4 is 4.90 Å². The number of anilines is 1. The Labute approximate surface area is 149 Å². The molecule has 0 amide bonds. The van der Waals surface area contributed by atoms with Crippen LogP contribution in [-0.2, 0) is 15.8 Å². The zero-order valence-electron chi connectivity index (χ0n) is 12.2. The van der Waals surface area contributed by atoms with Gasteiger partial charge in [-0.25, -0.2) is 13.4 Å². The van der Waals surface area contributed by atoms with Crippen molar-refractivity contribution >= 4 is 49.7 Å². The van der Waals surface area contributed by atoms with Crippen LogP contribution in [0.1, 0.15) is 5.56 Å². The van der Waals surface area contributed by atoms with Crippen LogP contribution in [0.4, 0.5) is 5.13 Å². The number of aromatic nitrogens is 1. The van der Waals surface area contributed by atoms with E-state index >= 15 is 0 Å². The maximum Gasteiger partial charge on any atom is 0.218 e. The standard InChI is InChI=1S/C14H15Cl2N3O2S2/c15-12-7-11(8-13(16)9-12)10-23(20,21)19-4-2-18(3-5-19)14-17-1-6-22-14/h1,6-9H,2-5,10H2. The summed E-state index contributed by atoms with van der Waals surface area (Å²) in [5.41, 5.74) is 0.602. The zero-order chi connectivity index (χ0) is 16.4. The second-order valence-corrected chi connectivity index (χ2v) is 8.95. The highest BCUT2D eigenvalue weighted by molar-refractivity contribution is 7.88. The van der Waals surface area contributed by atoms with Crippen molar-refractivity contribution in [3.05, 3.63) is 45.4 Å². The number of benzene rings is 1. The molecule has 1 saturated heterocycles. The summed E-state index contributed by atoms with van der Waals surface area (Å²) >= 11 is 13.4. The molecule has 0 bridgehead atoms. The summed E-state index contributed by atoms with van der Waals surface area (Å²) < 4.78 is 26.7. The van der Waals surface area contributed by atoms with Crippen molar-refractivity contribution in [3.8, 4) is 0 Å². The van der Waals surface area contributed by atoms with Crippen LogP contribution in [-0.4, -0.2) is 43.9 Å². The van der Waals surface area contributed by atoms with E-state index in [1.165, 1.54) is 4.31 Å². The molecule has 124 valence electrons. The molecule has 0 saturated carbocycles. The van der Waals surface area contributed by atoms with E-state index in [9.17, 15) is 8.42 Å². The summed E-state index contributed by atoms with van der Waals surface area (Å²) in [4.78, 5) is 6.37. The molecule has 0 atom stereocenters. The van der Waals surface area contributed by atoms with Gasteiger partial charge < -0.3 is 4.90 Å². The highest BCUT2D eigenvalue weighted by Crippen LogP contribution is 2.23. The van der Waals surface area contributed by atoms with E-state index in [-0.39, 0.29) is 5.75 Å². The fourth-order valence-electron chi connectivity index (χ4n) is 2.53. The molecule has 0 N–H and O–H groups in total. The van der Waals surface area contributed by atoms with Crippen LogP contribution in [0.5, 0.6) is 0 Å². The van der Waals surface area contributed by atoms with E-state index in [1.54, 1.807) is 35.7 Å². The molecule has 1 aromatic carbocycles. The van der Waals surface area contributed by atoms with Crippen molar-refractivity contribution in [2.24, 2.45) is 0 Å². The Morgan fingerprint density at radius 3 is 2.30 bits per heavy atom. The van der Waals surface area contributed by atoms with Crippen molar-refractivity contribution in [2.45, 2.75) is 5.75 Å². The third-order valence-corrected chi connectivity index (χ3v) is 6.71. The Balaban J connectivity index is 1.67. The van der Waals surface area contributed by atoms with Gasteiger partial charge in [-0.1, -0.05) is 23.2 Å². The molecule has 1 fully saturated rings. The highest BCUT2D eigenvalue weighted by atomic mass is 35.5. The smallest absolute Gasteiger partial charge is 0.218 e.